The van der Waals surface area contributed by atoms with E-state index in [-0.39, 0.29) is 30.8 Å². The molecule has 4 rings (SSSR count). The topological polar surface area (TPSA) is 58.6 Å². The SMILES string of the molecule is Cc1cccc(C(=O)Nc2ccc3c(c2)OCC(=O)N3Cc2ccccc2F)c1. The summed E-state index contributed by atoms with van der Waals surface area (Å²) in [4.78, 5) is 26.3. The van der Waals surface area contributed by atoms with Gasteiger partial charge in [0.05, 0.1) is 12.2 Å². The van der Waals surface area contributed by atoms with Crippen molar-refractivity contribution >= 4 is 23.2 Å². The minimum Gasteiger partial charge on any atom is -0.481 e. The second kappa shape index (κ2) is 7.75. The minimum atomic E-state index is -0.365. The van der Waals surface area contributed by atoms with Crippen molar-refractivity contribution in [3.05, 3.63) is 89.2 Å². The molecule has 0 atom stereocenters. The molecule has 2 amide bonds. The molecule has 0 aliphatic carbocycles. The zero-order valence-electron chi connectivity index (χ0n) is 15.8. The number of hydrogen-bond acceptors (Lipinski definition) is 3. The first-order valence-corrected chi connectivity index (χ1v) is 9.20. The quantitative estimate of drug-likeness (QED) is 0.722. The third-order valence-electron chi connectivity index (χ3n) is 4.73. The molecule has 5 nitrogen and oxygen atoms in total. The highest BCUT2D eigenvalue weighted by molar-refractivity contribution is 6.05. The number of hydrogen-bond donors (Lipinski definition) is 1. The summed E-state index contributed by atoms with van der Waals surface area (Å²) in [5.74, 6) is -0.389. The zero-order valence-corrected chi connectivity index (χ0v) is 15.8. The van der Waals surface area contributed by atoms with Crippen LogP contribution in [0.4, 0.5) is 15.8 Å². The Morgan fingerprint density at radius 2 is 1.93 bits per heavy atom. The van der Waals surface area contributed by atoms with Gasteiger partial charge in [-0.3, -0.25) is 9.59 Å². The molecule has 0 unspecified atom stereocenters. The fraction of sp³-hybridized carbons (Fsp3) is 0.130. The number of fused-ring (bicyclic) bond motifs is 1. The Balaban J connectivity index is 1.57. The Bertz CT molecular complexity index is 1100. The van der Waals surface area contributed by atoms with E-state index >= 15 is 0 Å². The summed E-state index contributed by atoms with van der Waals surface area (Å²) >= 11 is 0. The number of benzene rings is 3. The van der Waals surface area contributed by atoms with Crippen molar-refractivity contribution in [2.75, 3.05) is 16.8 Å². The van der Waals surface area contributed by atoms with Gasteiger partial charge >= 0.3 is 0 Å². The molecule has 1 N–H and O–H groups in total. The van der Waals surface area contributed by atoms with Crippen molar-refractivity contribution < 1.29 is 18.7 Å². The zero-order chi connectivity index (χ0) is 20.4. The molecule has 6 heteroatoms. The molecule has 1 aliphatic heterocycles. The van der Waals surface area contributed by atoms with Gasteiger partial charge in [-0.15, -0.1) is 0 Å². The maximum atomic E-state index is 14.0. The Kier molecular flexibility index (Phi) is 4.99. The van der Waals surface area contributed by atoms with Gasteiger partial charge in [0.1, 0.15) is 11.6 Å². The summed E-state index contributed by atoms with van der Waals surface area (Å²) < 4.78 is 19.6. The van der Waals surface area contributed by atoms with Gasteiger partial charge in [0.2, 0.25) is 0 Å². The second-order valence-corrected chi connectivity index (χ2v) is 6.87. The highest BCUT2D eigenvalue weighted by Gasteiger charge is 2.26. The first kappa shape index (κ1) is 18.7. The monoisotopic (exact) mass is 390 g/mol. The molecule has 0 spiro atoms. The summed E-state index contributed by atoms with van der Waals surface area (Å²) in [5.41, 5.74) is 3.06. The number of rotatable bonds is 4. The van der Waals surface area contributed by atoms with E-state index in [1.165, 1.54) is 11.0 Å². The largest absolute Gasteiger partial charge is 0.481 e. The predicted octanol–water partition coefficient (Wildman–Crippen LogP) is 4.31. The van der Waals surface area contributed by atoms with Crippen LogP contribution in [-0.4, -0.2) is 18.4 Å². The van der Waals surface area contributed by atoms with Crippen molar-refractivity contribution in [3.63, 3.8) is 0 Å². The molecule has 0 aromatic heterocycles. The van der Waals surface area contributed by atoms with E-state index in [0.717, 1.165) is 5.56 Å². The van der Waals surface area contributed by atoms with Gasteiger partial charge in [0.25, 0.3) is 11.8 Å². The molecule has 1 aliphatic rings. The molecule has 0 fully saturated rings. The Morgan fingerprint density at radius 1 is 1.10 bits per heavy atom. The lowest BCUT2D eigenvalue weighted by molar-refractivity contribution is -0.121. The van der Waals surface area contributed by atoms with Crippen LogP contribution >= 0.6 is 0 Å². The predicted molar refractivity (Wildman–Crippen MR) is 109 cm³/mol. The number of carbonyl (C=O) groups is 2. The number of aryl methyl sites for hydroxylation is 1. The van der Waals surface area contributed by atoms with Gasteiger partial charge in [0.15, 0.2) is 6.61 Å². The summed E-state index contributed by atoms with van der Waals surface area (Å²) in [5, 5.41) is 2.84. The van der Waals surface area contributed by atoms with E-state index < -0.39 is 0 Å². The molecular formula is C23H19FN2O3. The van der Waals surface area contributed by atoms with Crippen LogP contribution < -0.4 is 15.0 Å². The van der Waals surface area contributed by atoms with Crippen molar-refractivity contribution in [1.29, 1.82) is 0 Å². The highest BCUT2D eigenvalue weighted by Crippen LogP contribution is 2.35. The molecule has 146 valence electrons. The summed E-state index contributed by atoms with van der Waals surface area (Å²) in [6.45, 7) is 1.89. The maximum absolute atomic E-state index is 14.0. The standard InChI is InChI=1S/C23H19FN2O3/c1-15-5-4-7-16(11-15)23(28)25-18-9-10-20-21(12-18)29-14-22(27)26(20)13-17-6-2-3-8-19(17)24/h2-12H,13-14H2,1H3,(H,25,28). The molecule has 3 aromatic rings. The smallest absolute Gasteiger partial charge is 0.265 e. The van der Waals surface area contributed by atoms with E-state index in [4.69, 9.17) is 4.74 Å². The Hall–Kier alpha value is -3.67. The lowest BCUT2D eigenvalue weighted by atomic mass is 10.1. The Labute approximate surface area is 167 Å². The average Bonchev–Trinajstić information content (AvgIpc) is 2.71. The van der Waals surface area contributed by atoms with Crippen LogP contribution in [0.5, 0.6) is 5.75 Å². The number of halogens is 1. The van der Waals surface area contributed by atoms with Crippen LogP contribution in [0.15, 0.2) is 66.7 Å². The maximum Gasteiger partial charge on any atom is 0.265 e. The van der Waals surface area contributed by atoms with E-state index in [1.54, 1.807) is 48.5 Å². The number of amides is 2. The van der Waals surface area contributed by atoms with Crippen LogP contribution in [0.2, 0.25) is 0 Å². The number of nitrogens with one attached hydrogen (secondary N) is 1. The first-order chi connectivity index (χ1) is 14.0. The van der Waals surface area contributed by atoms with Crippen LogP contribution in [0.1, 0.15) is 21.5 Å². The number of nitrogens with zero attached hydrogens (tertiary/aromatic N) is 1. The molecule has 3 aromatic carbocycles. The normalized spacial score (nSPS) is 12.9. The van der Waals surface area contributed by atoms with E-state index in [0.29, 0.717) is 28.3 Å². The van der Waals surface area contributed by atoms with Crippen molar-refractivity contribution in [1.82, 2.24) is 0 Å². The van der Waals surface area contributed by atoms with Gasteiger partial charge in [0, 0.05) is 22.9 Å². The lowest BCUT2D eigenvalue weighted by Gasteiger charge is -2.30. The van der Waals surface area contributed by atoms with E-state index in [1.807, 2.05) is 19.1 Å². The van der Waals surface area contributed by atoms with Gasteiger partial charge in [-0.05, 0) is 37.3 Å². The highest BCUT2D eigenvalue weighted by atomic mass is 19.1. The Morgan fingerprint density at radius 3 is 2.72 bits per heavy atom. The summed E-state index contributed by atoms with van der Waals surface area (Å²) in [7, 11) is 0. The average molecular weight is 390 g/mol. The minimum absolute atomic E-state index is 0.108. The number of anilines is 2. The third-order valence-corrected chi connectivity index (χ3v) is 4.73. The molecular weight excluding hydrogens is 371 g/mol. The van der Waals surface area contributed by atoms with Gasteiger partial charge in [-0.1, -0.05) is 35.9 Å². The molecule has 0 saturated carbocycles. The van der Waals surface area contributed by atoms with Gasteiger partial charge < -0.3 is 15.0 Å². The molecule has 0 bridgehead atoms. The van der Waals surface area contributed by atoms with Crippen molar-refractivity contribution in [2.45, 2.75) is 13.5 Å². The fourth-order valence-corrected chi connectivity index (χ4v) is 3.24. The van der Waals surface area contributed by atoms with Crippen LogP contribution in [-0.2, 0) is 11.3 Å². The van der Waals surface area contributed by atoms with Crippen LogP contribution in [0.25, 0.3) is 0 Å². The van der Waals surface area contributed by atoms with Crippen LogP contribution in [0.3, 0.4) is 0 Å². The molecule has 0 radical (unpaired) electrons. The molecule has 29 heavy (non-hydrogen) atoms. The number of carbonyl (C=O) groups excluding carboxylic acids is 2. The fourth-order valence-electron chi connectivity index (χ4n) is 3.24. The van der Waals surface area contributed by atoms with E-state index in [9.17, 15) is 14.0 Å². The lowest BCUT2D eigenvalue weighted by Crippen LogP contribution is -2.38. The first-order valence-electron chi connectivity index (χ1n) is 9.20. The summed E-state index contributed by atoms with van der Waals surface area (Å²) in [6.07, 6.45) is 0. The van der Waals surface area contributed by atoms with Crippen molar-refractivity contribution in [3.8, 4) is 5.75 Å². The third kappa shape index (κ3) is 3.96. The molecule has 1 heterocycles. The van der Waals surface area contributed by atoms with Gasteiger partial charge in [-0.25, -0.2) is 4.39 Å². The van der Waals surface area contributed by atoms with E-state index in [2.05, 4.69) is 5.32 Å². The molecule has 0 saturated heterocycles. The van der Waals surface area contributed by atoms with Crippen molar-refractivity contribution in [2.24, 2.45) is 0 Å². The number of ether oxygens (including phenoxy) is 1. The summed E-state index contributed by atoms with van der Waals surface area (Å²) in [6, 6.07) is 18.7. The van der Waals surface area contributed by atoms with Gasteiger partial charge in [-0.2, -0.15) is 0 Å². The second-order valence-electron chi connectivity index (χ2n) is 6.87. The van der Waals surface area contributed by atoms with Crippen LogP contribution in [0, 0.1) is 12.7 Å².